The Balaban J connectivity index is 2.08. The molecular formula is C15H11BrCl2O. The van der Waals surface area contributed by atoms with Gasteiger partial charge in [0.1, 0.15) is 5.78 Å². The van der Waals surface area contributed by atoms with Crippen molar-refractivity contribution in [1.82, 2.24) is 0 Å². The Morgan fingerprint density at radius 1 is 0.947 bits per heavy atom. The molecule has 0 atom stereocenters. The van der Waals surface area contributed by atoms with Gasteiger partial charge in [0, 0.05) is 27.4 Å². The van der Waals surface area contributed by atoms with Crippen LogP contribution in [0.5, 0.6) is 0 Å². The number of carbonyl (C=O) groups is 1. The first-order valence-corrected chi connectivity index (χ1v) is 7.30. The maximum Gasteiger partial charge on any atom is 0.141 e. The topological polar surface area (TPSA) is 17.1 Å². The first-order chi connectivity index (χ1) is 9.06. The van der Waals surface area contributed by atoms with E-state index in [1.165, 1.54) is 0 Å². The lowest BCUT2D eigenvalue weighted by molar-refractivity contribution is -0.117. The van der Waals surface area contributed by atoms with Crippen LogP contribution < -0.4 is 0 Å². The summed E-state index contributed by atoms with van der Waals surface area (Å²) in [6, 6.07) is 12.9. The maximum atomic E-state index is 12.0. The van der Waals surface area contributed by atoms with Gasteiger partial charge in [-0.3, -0.25) is 4.79 Å². The van der Waals surface area contributed by atoms with Gasteiger partial charge in [-0.1, -0.05) is 63.4 Å². The Kier molecular flexibility index (Phi) is 5.03. The molecule has 0 aromatic heterocycles. The summed E-state index contributed by atoms with van der Waals surface area (Å²) >= 11 is 15.5. The Morgan fingerprint density at radius 3 is 2.21 bits per heavy atom. The fourth-order valence-corrected chi connectivity index (χ4v) is 2.74. The van der Waals surface area contributed by atoms with Crippen molar-refractivity contribution < 1.29 is 4.79 Å². The zero-order valence-corrected chi connectivity index (χ0v) is 13.1. The van der Waals surface area contributed by atoms with Gasteiger partial charge in [-0.05, 0) is 29.3 Å². The molecule has 0 heterocycles. The van der Waals surface area contributed by atoms with Crippen molar-refractivity contribution in [2.75, 3.05) is 0 Å². The second kappa shape index (κ2) is 6.56. The van der Waals surface area contributed by atoms with E-state index in [0.29, 0.717) is 22.9 Å². The molecule has 4 heteroatoms. The van der Waals surface area contributed by atoms with Gasteiger partial charge in [0.05, 0.1) is 0 Å². The van der Waals surface area contributed by atoms with Crippen LogP contribution in [0.3, 0.4) is 0 Å². The van der Waals surface area contributed by atoms with E-state index in [1.54, 1.807) is 12.1 Å². The van der Waals surface area contributed by atoms with Crippen LogP contribution in [0.1, 0.15) is 11.1 Å². The van der Waals surface area contributed by atoms with E-state index in [0.717, 1.165) is 15.6 Å². The van der Waals surface area contributed by atoms with Crippen LogP contribution in [0, 0.1) is 0 Å². The molecule has 0 radical (unpaired) electrons. The molecule has 2 rings (SSSR count). The van der Waals surface area contributed by atoms with Crippen molar-refractivity contribution in [1.29, 1.82) is 0 Å². The highest BCUT2D eigenvalue weighted by Crippen LogP contribution is 2.23. The summed E-state index contributed by atoms with van der Waals surface area (Å²) in [5, 5.41) is 1.22. The molecule has 1 nitrogen and oxygen atoms in total. The van der Waals surface area contributed by atoms with Crippen LogP contribution in [0.4, 0.5) is 0 Å². The van der Waals surface area contributed by atoms with Gasteiger partial charge in [-0.2, -0.15) is 0 Å². The van der Waals surface area contributed by atoms with E-state index in [-0.39, 0.29) is 5.78 Å². The summed E-state index contributed by atoms with van der Waals surface area (Å²) in [5.41, 5.74) is 1.68. The van der Waals surface area contributed by atoms with E-state index in [9.17, 15) is 4.79 Å². The molecule has 0 N–H and O–H groups in total. The number of benzene rings is 2. The minimum absolute atomic E-state index is 0.0947. The first kappa shape index (κ1) is 14.6. The number of rotatable bonds is 4. The average molecular weight is 358 g/mol. The quantitative estimate of drug-likeness (QED) is 0.743. The predicted octanol–water partition coefficient (Wildman–Crippen LogP) is 5.11. The third kappa shape index (κ3) is 4.07. The van der Waals surface area contributed by atoms with Crippen molar-refractivity contribution in [2.45, 2.75) is 12.8 Å². The largest absolute Gasteiger partial charge is 0.299 e. The Bertz CT molecular complexity index is 611. The van der Waals surface area contributed by atoms with Crippen LogP contribution in [0.15, 0.2) is 46.9 Å². The fraction of sp³-hybridized carbons (Fsp3) is 0.133. The fourth-order valence-electron chi connectivity index (χ4n) is 1.79. The molecular weight excluding hydrogens is 347 g/mol. The number of Topliss-reactive ketones (excluding diaryl/α,β-unsaturated/α-hetero) is 1. The summed E-state index contributed by atoms with van der Waals surface area (Å²) in [6.45, 7) is 0. The Morgan fingerprint density at radius 2 is 1.58 bits per heavy atom. The minimum atomic E-state index is 0.0947. The molecule has 19 heavy (non-hydrogen) atoms. The van der Waals surface area contributed by atoms with Gasteiger partial charge < -0.3 is 0 Å². The number of ketones is 1. The molecule has 0 spiro atoms. The van der Waals surface area contributed by atoms with Gasteiger partial charge in [0.25, 0.3) is 0 Å². The number of carbonyl (C=O) groups excluding carboxylic acids is 1. The summed E-state index contributed by atoms with van der Waals surface area (Å²) in [4.78, 5) is 12.0. The maximum absolute atomic E-state index is 12.0. The lowest BCUT2D eigenvalue weighted by Gasteiger charge is -2.06. The van der Waals surface area contributed by atoms with Gasteiger partial charge in [0.2, 0.25) is 0 Å². The monoisotopic (exact) mass is 356 g/mol. The number of halogens is 3. The van der Waals surface area contributed by atoms with Crippen molar-refractivity contribution >= 4 is 44.9 Å². The van der Waals surface area contributed by atoms with E-state index < -0.39 is 0 Å². The van der Waals surface area contributed by atoms with Crippen LogP contribution in [-0.4, -0.2) is 5.78 Å². The third-order valence-corrected chi connectivity index (χ3v) is 3.96. The van der Waals surface area contributed by atoms with Crippen molar-refractivity contribution in [3.8, 4) is 0 Å². The summed E-state index contributed by atoms with van der Waals surface area (Å²) in [5.74, 6) is 0.0947. The van der Waals surface area contributed by atoms with E-state index in [4.69, 9.17) is 23.2 Å². The minimum Gasteiger partial charge on any atom is -0.299 e. The molecule has 98 valence electrons. The van der Waals surface area contributed by atoms with Gasteiger partial charge in [0.15, 0.2) is 0 Å². The summed E-state index contributed by atoms with van der Waals surface area (Å²) in [7, 11) is 0. The Labute approximate surface area is 130 Å². The van der Waals surface area contributed by atoms with Crippen molar-refractivity contribution in [3.05, 3.63) is 68.1 Å². The smallest absolute Gasteiger partial charge is 0.141 e. The number of hydrogen-bond acceptors (Lipinski definition) is 1. The molecule has 0 aliphatic rings. The second-order valence-electron chi connectivity index (χ2n) is 4.22. The standard InChI is InChI=1S/C15H11BrCl2O/c16-12-6-5-11(15(18)9-12)8-13(19)7-10-3-1-2-4-14(10)17/h1-6,9H,7-8H2. The van der Waals surface area contributed by atoms with Gasteiger partial charge in [-0.25, -0.2) is 0 Å². The highest BCUT2D eigenvalue weighted by Gasteiger charge is 2.10. The molecule has 0 amide bonds. The summed E-state index contributed by atoms with van der Waals surface area (Å²) < 4.78 is 0.903. The molecule has 0 unspecified atom stereocenters. The lowest BCUT2D eigenvalue weighted by Crippen LogP contribution is -2.07. The predicted molar refractivity (Wildman–Crippen MR) is 83.0 cm³/mol. The summed E-state index contributed by atoms with van der Waals surface area (Å²) in [6.07, 6.45) is 0.642. The molecule has 0 aliphatic heterocycles. The molecule has 2 aromatic carbocycles. The van der Waals surface area contributed by atoms with Gasteiger partial charge in [-0.15, -0.1) is 0 Å². The second-order valence-corrected chi connectivity index (χ2v) is 5.95. The molecule has 0 aliphatic carbocycles. The zero-order chi connectivity index (χ0) is 13.8. The average Bonchev–Trinajstić information content (AvgIpc) is 2.36. The zero-order valence-electron chi connectivity index (χ0n) is 10.00. The molecule has 0 saturated heterocycles. The highest BCUT2D eigenvalue weighted by molar-refractivity contribution is 9.10. The normalized spacial score (nSPS) is 10.5. The molecule has 0 bridgehead atoms. The van der Waals surface area contributed by atoms with Crippen molar-refractivity contribution in [2.24, 2.45) is 0 Å². The van der Waals surface area contributed by atoms with Crippen LogP contribution in [-0.2, 0) is 17.6 Å². The Hall–Kier alpha value is -0.830. The van der Waals surface area contributed by atoms with E-state index in [2.05, 4.69) is 15.9 Å². The molecule has 0 saturated carbocycles. The first-order valence-electron chi connectivity index (χ1n) is 5.75. The number of hydrogen-bond donors (Lipinski definition) is 0. The third-order valence-electron chi connectivity index (χ3n) is 2.75. The molecule has 2 aromatic rings. The molecule has 0 fully saturated rings. The van der Waals surface area contributed by atoms with Crippen LogP contribution in [0.25, 0.3) is 0 Å². The van der Waals surface area contributed by atoms with E-state index >= 15 is 0 Å². The van der Waals surface area contributed by atoms with Crippen LogP contribution in [0.2, 0.25) is 10.0 Å². The van der Waals surface area contributed by atoms with Crippen LogP contribution >= 0.6 is 39.1 Å². The lowest BCUT2D eigenvalue weighted by atomic mass is 10.0. The highest BCUT2D eigenvalue weighted by atomic mass is 79.9. The van der Waals surface area contributed by atoms with Gasteiger partial charge >= 0.3 is 0 Å². The van der Waals surface area contributed by atoms with E-state index in [1.807, 2.05) is 30.3 Å². The van der Waals surface area contributed by atoms with Crippen molar-refractivity contribution in [3.63, 3.8) is 0 Å². The SMILES string of the molecule is O=C(Cc1ccccc1Cl)Cc1ccc(Br)cc1Cl.